The largest absolute Gasteiger partial charge is 0.490 e. The molecule has 0 spiro atoms. The van der Waals surface area contributed by atoms with E-state index in [-0.39, 0.29) is 6.61 Å². The van der Waals surface area contributed by atoms with E-state index in [1.54, 1.807) is 42.5 Å². The summed E-state index contributed by atoms with van der Waals surface area (Å²) in [5.41, 5.74) is 0.522. The average molecular weight is 392 g/mol. The van der Waals surface area contributed by atoms with E-state index in [0.717, 1.165) is 6.42 Å². The van der Waals surface area contributed by atoms with Crippen LogP contribution < -0.4 is 14.8 Å². The summed E-state index contributed by atoms with van der Waals surface area (Å²) >= 11 is 5.87. The molecule has 144 valence electrons. The molecule has 2 aromatic carbocycles. The van der Waals surface area contributed by atoms with Crippen LogP contribution in [-0.2, 0) is 14.3 Å². The molecule has 0 aliphatic heterocycles. The first-order valence-electron chi connectivity index (χ1n) is 8.60. The van der Waals surface area contributed by atoms with Gasteiger partial charge in [0.2, 0.25) is 0 Å². The third-order valence-electron chi connectivity index (χ3n) is 3.43. The van der Waals surface area contributed by atoms with Gasteiger partial charge in [0.1, 0.15) is 0 Å². The number of carbonyl (C=O) groups excluding carboxylic acids is 2. The Morgan fingerprint density at radius 3 is 2.44 bits per heavy atom. The first-order chi connectivity index (χ1) is 13.0. The minimum atomic E-state index is -0.980. The highest BCUT2D eigenvalue weighted by Crippen LogP contribution is 2.26. The van der Waals surface area contributed by atoms with Crippen LogP contribution in [-0.4, -0.2) is 31.2 Å². The fraction of sp³-hybridized carbons (Fsp3) is 0.300. The van der Waals surface area contributed by atoms with Gasteiger partial charge in [-0.3, -0.25) is 4.79 Å². The number of benzene rings is 2. The normalized spacial score (nSPS) is 11.4. The number of anilines is 1. The molecule has 0 aliphatic carbocycles. The Morgan fingerprint density at radius 2 is 1.78 bits per heavy atom. The van der Waals surface area contributed by atoms with Gasteiger partial charge in [0.15, 0.2) is 24.2 Å². The molecular formula is C20H22ClNO5. The molecule has 0 saturated heterocycles. The van der Waals surface area contributed by atoms with Gasteiger partial charge in [0, 0.05) is 10.7 Å². The number of rotatable bonds is 9. The summed E-state index contributed by atoms with van der Waals surface area (Å²) in [4.78, 5) is 24.1. The fourth-order valence-electron chi connectivity index (χ4n) is 2.13. The zero-order valence-electron chi connectivity index (χ0n) is 15.2. The van der Waals surface area contributed by atoms with Gasteiger partial charge < -0.3 is 19.5 Å². The average Bonchev–Trinajstić information content (AvgIpc) is 2.65. The van der Waals surface area contributed by atoms with Crippen LogP contribution >= 0.6 is 11.6 Å². The third-order valence-corrected chi connectivity index (χ3v) is 3.66. The van der Waals surface area contributed by atoms with E-state index in [0.29, 0.717) is 28.8 Å². The van der Waals surface area contributed by atoms with E-state index < -0.39 is 18.0 Å². The van der Waals surface area contributed by atoms with Crippen molar-refractivity contribution in [2.24, 2.45) is 0 Å². The summed E-state index contributed by atoms with van der Waals surface area (Å²) in [6.07, 6.45) is -0.123. The Labute approximate surface area is 163 Å². The van der Waals surface area contributed by atoms with Crippen LogP contribution in [0.5, 0.6) is 11.5 Å². The second-order valence-corrected chi connectivity index (χ2v) is 6.15. The van der Waals surface area contributed by atoms with Crippen molar-refractivity contribution in [1.29, 1.82) is 0 Å². The van der Waals surface area contributed by atoms with Crippen molar-refractivity contribution in [1.82, 2.24) is 0 Å². The molecular weight excluding hydrogens is 370 g/mol. The van der Waals surface area contributed by atoms with Crippen molar-refractivity contribution in [3.8, 4) is 11.5 Å². The Bertz CT molecular complexity index is 780. The third kappa shape index (κ3) is 6.83. The molecule has 27 heavy (non-hydrogen) atoms. The predicted molar refractivity (Wildman–Crippen MR) is 103 cm³/mol. The fourth-order valence-corrected chi connectivity index (χ4v) is 2.32. The first-order valence-corrected chi connectivity index (χ1v) is 8.98. The molecule has 0 saturated carbocycles. The number of amides is 1. The molecule has 0 aliphatic rings. The molecule has 0 fully saturated rings. The monoisotopic (exact) mass is 391 g/mol. The van der Waals surface area contributed by atoms with Crippen LogP contribution in [0.2, 0.25) is 5.02 Å². The summed E-state index contributed by atoms with van der Waals surface area (Å²) in [5.74, 6) is -0.121. The number of nitrogens with one attached hydrogen (secondary N) is 1. The van der Waals surface area contributed by atoms with Gasteiger partial charge in [0.25, 0.3) is 5.91 Å². The van der Waals surface area contributed by atoms with Crippen LogP contribution in [0.4, 0.5) is 5.69 Å². The van der Waals surface area contributed by atoms with Gasteiger partial charge >= 0.3 is 5.97 Å². The molecule has 1 atom stereocenters. The van der Waals surface area contributed by atoms with Crippen LogP contribution in [0.15, 0.2) is 48.5 Å². The van der Waals surface area contributed by atoms with Crippen molar-refractivity contribution in [3.05, 3.63) is 53.6 Å². The van der Waals surface area contributed by atoms with E-state index in [9.17, 15) is 9.59 Å². The number of esters is 1. The number of hydrogen-bond acceptors (Lipinski definition) is 5. The summed E-state index contributed by atoms with van der Waals surface area (Å²) in [6.45, 7) is 3.69. The maximum absolute atomic E-state index is 12.1. The highest BCUT2D eigenvalue weighted by molar-refractivity contribution is 6.30. The van der Waals surface area contributed by atoms with Crippen LogP contribution in [0, 0.1) is 0 Å². The lowest BCUT2D eigenvalue weighted by Crippen LogP contribution is -2.31. The molecule has 1 N–H and O–H groups in total. The minimum absolute atomic E-state index is 0.332. The van der Waals surface area contributed by atoms with Gasteiger partial charge in [-0.2, -0.15) is 0 Å². The van der Waals surface area contributed by atoms with Gasteiger partial charge in [-0.05, 0) is 43.7 Å². The van der Waals surface area contributed by atoms with Crippen molar-refractivity contribution < 1.29 is 23.8 Å². The summed E-state index contributed by atoms with van der Waals surface area (Å²) < 4.78 is 16.1. The summed E-state index contributed by atoms with van der Waals surface area (Å²) in [5, 5.41) is 3.13. The molecule has 2 aromatic rings. The lowest BCUT2D eigenvalue weighted by molar-refractivity contribution is -0.155. The van der Waals surface area contributed by atoms with Crippen LogP contribution in [0.25, 0.3) is 0 Å². The summed E-state index contributed by atoms with van der Waals surface area (Å²) in [6, 6.07) is 13.8. The van der Waals surface area contributed by atoms with Gasteiger partial charge in [-0.15, -0.1) is 0 Å². The molecule has 0 unspecified atom stereocenters. The molecule has 0 radical (unpaired) electrons. The molecule has 2 rings (SSSR count). The van der Waals surface area contributed by atoms with Crippen molar-refractivity contribution in [2.75, 3.05) is 18.5 Å². The second-order valence-electron chi connectivity index (χ2n) is 5.72. The zero-order chi connectivity index (χ0) is 19.6. The number of halogens is 1. The van der Waals surface area contributed by atoms with Crippen LogP contribution in [0.3, 0.4) is 0 Å². The van der Waals surface area contributed by atoms with Gasteiger partial charge in [-0.1, -0.05) is 36.7 Å². The molecule has 0 heterocycles. The SMILES string of the molecule is CCCOc1ccccc1OCC(=O)O[C@@H](C)C(=O)Nc1cccc(Cl)c1. The van der Waals surface area contributed by atoms with E-state index in [1.165, 1.54) is 6.92 Å². The zero-order valence-corrected chi connectivity index (χ0v) is 16.0. The Balaban J connectivity index is 1.83. The van der Waals surface area contributed by atoms with E-state index >= 15 is 0 Å². The standard InChI is InChI=1S/C20H22ClNO5/c1-3-11-25-17-9-4-5-10-18(17)26-13-19(23)27-14(2)20(24)22-16-8-6-7-15(21)12-16/h4-10,12,14H,3,11,13H2,1-2H3,(H,22,24)/t14-/m0/s1. The second kappa shape index (κ2) is 10.4. The number of ether oxygens (including phenoxy) is 3. The minimum Gasteiger partial charge on any atom is -0.490 e. The maximum Gasteiger partial charge on any atom is 0.344 e. The van der Waals surface area contributed by atoms with E-state index in [1.807, 2.05) is 13.0 Å². The number of para-hydroxylation sites is 2. The molecule has 0 bridgehead atoms. The lowest BCUT2D eigenvalue weighted by atomic mass is 10.3. The molecule has 7 heteroatoms. The molecule has 6 nitrogen and oxygen atoms in total. The molecule has 0 aromatic heterocycles. The Hall–Kier alpha value is -2.73. The van der Waals surface area contributed by atoms with Crippen molar-refractivity contribution >= 4 is 29.2 Å². The number of hydrogen-bond donors (Lipinski definition) is 1. The molecule has 1 amide bonds. The van der Waals surface area contributed by atoms with E-state index in [4.69, 9.17) is 25.8 Å². The lowest BCUT2D eigenvalue weighted by Gasteiger charge is -2.15. The van der Waals surface area contributed by atoms with Gasteiger partial charge in [0.05, 0.1) is 6.61 Å². The number of carbonyl (C=O) groups is 2. The quantitative estimate of drug-likeness (QED) is 0.652. The predicted octanol–water partition coefficient (Wildman–Crippen LogP) is 4.08. The van der Waals surface area contributed by atoms with Crippen molar-refractivity contribution in [3.63, 3.8) is 0 Å². The smallest absolute Gasteiger partial charge is 0.344 e. The highest BCUT2D eigenvalue weighted by Gasteiger charge is 2.19. The first kappa shape index (κ1) is 20.6. The topological polar surface area (TPSA) is 73.9 Å². The Kier molecular flexibility index (Phi) is 7.95. The summed E-state index contributed by atoms with van der Waals surface area (Å²) in [7, 11) is 0. The van der Waals surface area contributed by atoms with Crippen LogP contribution in [0.1, 0.15) is 20.3 Å². The highest BCUT2D eigenvalue weighted by atomic mass is 35.5. The van der Waals surface area contributed by atoms with Crippen molar-refractivity contribution in [2.45, 2.75) is 26.4 Å². The maximum atomic E-state index is 12.1. The van der Waals surface area contributed by atoms with E-state index in [2.05, 4.69) is 5.32 Å². The van der Waals surface area contributed by atoms with Gasteiger partial charge in [-0.25, -0.2) is 4.79 Å². The Morgan fingerprint density at radius 1 is 1.07 bits per heavy atom.